The lowest BCUT2D eigenvalue weighted by Gasteiger charge is -2.14. The third-order valence-corrected chi connectivity index (χ3v) is 4.14. The maximum Gasteiger partial charge on any atom is 0.0399 e. The second kappa shape index (κ2) is 3.49. The van der Waals surface area contributed by atoms with Crippen molar-refractivity contribution in [2.45, 2.75) is 37.6 Å². The minimum atomic E-state index is 0.188. The summed E-state index contributed by atoms with van der Waals surface area (Å²) in [5.41, 5.74) is 10.9. The van der Waals surface area contributed by atoms with E-state index in [0.717, 1.165) is 12.8 Å². The van der Waals surface area contributed by atoms with Crippen LogP contribution in [0, 0.1) is 0 Å². The molecule has 0 bridgehead atoms. The van der Waals surface area contributed by atoms with Gasteiger partial charge in [-0.1, -0.05) is 12.1 Å². The van der Waals surface area contributed by atoms with Gasteiger partial charge in [0.15, 0.2) is 0 Å². The maximum absolute atomic E-state index is 6.16. The number of likely N-dealkylation sites (N-methyl/N-ethyl adjacent to an activating group) is 1. The van der Waals surface area contributed by atoms with Gasteiger partial charge in [-0.05, 0) is 49.3 Å². The summed E-state index contributed by atoms with van der Waals surface area (Å²) in [6.07, 6.45) is 5.98. The Kier molecular flexibility index (Phi) is 2.21. The van der Waals surface area contributed by atoms with E-state index in [9.17, 15) is 0 Å². The molecule has 16 heavy (non-hydrogen) atoms. The summed E-state index contributed by atoms with van der Waals surface area (Å²) in [7, 11) is 2.18. The first-order chi connectivity index (χ1) is 7.68. The van der Waals surface area contributed by atoms with Crippen LogP contribution in [0.3, 0.4) is 0 Å². The zero-order valence-electron chi connectivity index (χ0n) is 10.00. The lowest BCUT2D eigenvalue weighted by molar-refractivity contribution is 0.608. The lowest BCUT2D eigenvalue weighted by Crippen LogP contribution is -2.22. The standard InChI is InChI=1S/C14H20N2/c1-16-10-6-12-11(3-2-4-13(12)16)5-7-14(15)8-9-14/h2-4H,5-10,15H2,1H3. The van der Waals surface area contributed by atoms with Crippen molar-refractivity contribution in [2.75, 3.05) is 18.5 Å². The molecule has 0 radical (unpaired) electrons. The van der Waals surface area contributed by atoms with E-state index >= 15 is 0 Å². The second-order valence-electron chi connectivity index (χ2n) is 5.45. The summed E-state index contributed by atoms with van der Waals surface area (Å²) in [6.45, 7) is 1.17. The molecule has 0 saturated heterocycles. The van der Waals surface area contributed by atoms with Crippen molar-refractivity contribution in [3.8, 4) is 0 Å². The van der Waals surface area contributed by atoms with E-state index in [1.165, 1.54) is 37.1 Å². The Bertz CT molecular complexity index is 407. The number of nitrogens with two attached hydrogens (primary N) is 1. The summed E-state index contributed by atoms with van der Waals surface area (Å²) >= 11 is 0. The van der Waals surface area contributed by atoms with Crippen molar-refractivity contribution < 1.29 is 0 Å². The van der Waals surface area contributed by atoms with Crippen LogP contribution in [0.4, 0.5) is 5.69 Å². The quantitative estimate of drug-likeness (QED) is 0.838. The summed E-state index contributed by atoms with van der Waals surface area (Å²) in [5.74, 6) is 0. The van der Waals surface area contributed by atoms with E-state index in [1.807, 2.05) is 0 Å². The molecule has 1 aromatic carbocycles. The third-order valence-electron chi connectivity index (χ3n) is 4.14. The van der Waals surface area contributed by atoms with Crippen molar-refractivity contribution in [1.82, 2.24) is 0 Å². The van der Waals surface area contributed by atoms with Gasteiger partial charge in [0.05, 0.1) is 0 Å². The van der Waals surface area contributed by atoms with Gasteiger partial charge in [-0.3, -0.25) is 0 Å². The Morgan fingerprint density at radius 2 is 2.19 bits per heavy atom. The van der Waals surface area contributed by atoms with Crippen molar-refractivity contribution in [3.05, 3.63) is 29.3 Å². The van der Waals surface area contributed by atoms with Gasteiger partial charge < -0.3 is 10.6 Å². The van der Waals surface area contributed by atoms with Gasteiger partial charge in [-0.25, -0.2) is 0 Å². The molecule has 1 heterocycles. The van der Waals surface area contributed by atoms with E-state index in [2.05, 4.69) is 30.1 Å². The molecule has 0 atom stereocenters. The van der Waals surface area contributed by atoms with Crippen LogP contribution < -0.4 is 10.6 Å². The van der Waals surface area contributed by atoms with Crippen LogP contribution >= 0.6 is 0 Å². The number of anilines is 1. The fraction of sp³-hybridized carbons (Fsp3) is 0.571. The highest BCUT2D eigenvalue weighted by Gasteiger charge is 2.37. The van der Waals surface area contributed by atoms with E-state index in [0.29, 0.717) is 0 Å². The van der Waals surface area contributed by atoms with Crippen molar-refractivity contribution in [3.63, 3.8) is 0 Å². The van der Waals surface area contributed by atoms with Crippen LogP contribution in [0.25, 0.3) is 0 Å². The van der Waals surface area contributed by atoms with E-state index in [-0.39, 0.29) is 5.54 Å². The fourth-order valence-electron chi connectivity index (χ4n) is 2.70. The second-order valence-corrected chi connectivity index (χ2v) is 5.45. The van der Waals surface area contributed by atoms with Gasteiger partial charge in [0.25, 0.3) is 0 Å². The SMILES string of the molecule is CN1CCc2c(CCC3(N)CC3)cccc21. The molecule has 0 spiro atoms. The Morgan fingerprint density at radius 3 is 2.94 bits per heavy atom. The Balaban J connectivity index is 1.79. The van der Waals surface area contributed by atoms with Gasteiger partial charge in [-0.15, -0.1) is 0 Å². The van der Waals surface area contributed by atoms with Gasteiger partial charge in [0.2, 0.25) is 0 Å². The predicted octanol–water partition coefficient (Wildman–Crippen LogP) is 2.10. The first-order valence-corrected chi connectivity index (χ1v) is 6.29. The molecule has 1 aromatic rings. The number of hydrogen-bond donors (Lipinski definition) is 1. The molecule has 1 aliphatic heterocycles. The van der Waals surface area contributed by atoms with Crippen LogP contribution in [-0.4, -0.2) is 19.1 Å². The summed E-state index contributed by atoms with van der Waals surface area (Å²) < 4.78 is 0. The van der Waals surface area contributed by atoms with Crippen molar-refractivity contribution in [1.29, 1.82) is 0 Å². The van der Waals surface area contributed by atoms with Crippen LogP contribution in [0.1, 0.15) is 30.4 Å². The Hall–Kier alpha value is -1.02. The number of nitrogens with zero attached hydrogens (tertiary/aromatic N) is 1. The normalized spacial score (nSPS) is 21.0. The van der Waals surface area contributed by atoms with Gasteiger partial charge in [0, 0.05) is 24.8 Å². The molecule has 3 rings (SSSR count). The Morgan fingerprint density at radius 1 is 1.38 bits per heavy atom. The summed E-state index contributed by atoms with van der Waals surface area (Å²) in [6, 6.07) is 6.71. The average Bonchev–Trinajstić information content (AvgIpc) is 2.90. The molecule has 0 aromatic heterocycles. The topological polar surface area (TPSA) is 29.3 Å². The first kappa shape index (κ1) is 10.2. The van der Waals surface area contributed by atoms with Crippen molar-refractivity contribution >= 4 is 5.69 Å². The minimum Gasteiger partial charge on any atom is -0.374 e. The zero-order valence-corrected chi connectivity index (χ0v) is 10.00. The van der Waals surface area contributed by atoms with Crippen LogP contribution in [0.15, 0.2) is 18.2 Å². The number of rotatable bonds is 3. The minimum absolute atomic E-state index is 0.188. The molecular weight excluding hydrogens is 196 g/mol. The van der Waals surface area contributed by atoms with E-state index < -0.39 is 0 Å². The fourth-order valence-corrected chi connectivity index (χ4v) is 2.70. The maximum atomic E-state index is 6.16. The van der Waals surface area contributed by atoms with Crippen LogP contribution in [0.2, 0.25) is 0 Å². The highest BCUT2D eigenvalue weighted by atomic mass is 15.1. The molecule has 2 heteroatoms. The number of hydrogen-bond acceptors (Lipinski definition) is 2. The average molecular weight is 216 g/mol. The van der Waals surface area contributed by atoms with E-state index in [1.54, 1.807) is 5.56 Å². The molecule has 86 valence electrons. The molecule has 2 nitrogen and oxygen atoms in total. The zero-order chi connectivity index (χ0) is 11.2. The highest BCUT2D eigenvalue weighted by Crippen LogP contribution is 2.38. The number of benzene rings is 1. The lowest BCUT2D eigenvalue weighted by atomic mass is 9.98. The molecule has 1 aliphatic carbocycles. The summed E-state index contributed by atoms with van der Waals surface area (Å²) in [4.78, 5) is 2.36. The highest BCUT2D eigenvalue weighted by molar-refractivity contribution is 5.60. The van der Waals surface area contributed by atoms with Crippen LogP contribution in [0.5, 0.6) is 0 Å². The molecule has 2 aliphatic rings. The van der Waals surface area contributed by atoms with Gasteiger partial charge in [0.1, 0.15) is 0 Å². The molecule has 0 amide bonds. The smallest absolute Gasteiger partial charge is 0.0399 e. The van der Waals surface area contributed by atoms with Crippen LogP contribution in [-0.2, 0) is 12.8 Å². The van der Waals surface area contributed by atoms with Crippen molar-refractivity contribution in [2.24, 2.45) is 5.73 Å². The Labute approximate surface area is 97.4 Å². The predicted molar refractivity (Wildman–Crippen MR) is 67.9 cm³/mol. The first-order valence-electron chi connectivity index (χ1n) is 6.29. The van der Waals surface area contributed by atoms with E-state index in [4.69, 9.17) is 5.73 Å². The number of aryl methyl sites for hydroxylation is 1. The number of fused-ring (bicyclic) bond motifs is 1. The summed E-state index contributed by atoms with van der Waals surface area (Å²) in [5, 5.41) is 0. The largest absolute Gasteiger partial charge is 0.374 e. The molecular formula is C14H20N2. The third kappa shape index (κ3) is 1.71. The molecule has 1 saturated carbocycles. The van der Waals surface area contributed by atoms with Gasteiger partial charge >= 0.3 is 0 Å². The molecule has 0 unspecified atom stereocenters. The monoisotopic (exact) mass is 216 g/mol. The molecule has 1 fully saturated rings. The molecule has 2 N–H and O–H groups in total. The van der Waals surface area contributed by atoms with Gasteiger partial charge in [-0.2, -0.15) is 0 Å².